The van der Waals surface area contributed by atoms with Crippen molar-refractivity contribution in [1.82, 2.24) is 15.1 Å². The molecule has 1 unspecified atom stereocenters. The van der Waals surface area contributed by atoms with Crippen LogP contribution in [-0.2, 0) is 14.2 Å². The minimum Gasteiger partial charge on any atom is -0.385 e. The van der Waals surface area contributed by atoms with Crippen LogP contribution in [0, 0.1) is 0 Å². The van der Waals surface area contributed by atoms with Gasteiger partial charge in [-0.2, -0.15) is 0 Å². The van der Waals surface area contributed by atoms with E-state index in [1.54, 1.807) is 7.11 Å². The van der Waals surface area contributed by atoms with Gasteiger partial charge in [0.05, 0.1) is 18.8 Å². The number of likely N-dealkylation sites (tertiary alicyclic amines) is 1. The third-order valence-corrected chi connectivity index (χ3v) is 4.67. The van der Waals surface area contributed by atoms with E-state index in [2.05, 4.69) is 43.1 Å². The molecule has 0 saturated carbocycles. The van der Waals surface area contributed by atoms with Crippen LogP contribution in [0.15, 0.2) is 4.99 Å². The molecule has 1 N–H and O–H groups in total. The van der Waals surface area contributed by atoms with Crippen molar-refractivity contribution in [2.75, 3.05) is 73.7 Å². The Hall–Kier alpha value is -0.890. The van der Waals surface area contributed by atoms with E-state index in [1.165, 1.54) is 0 Å². The van der Waals surface area contributed by atoms with Crippen molar-refractivity contribution >= 4 is 5.96 Å². The fourth-order valence-corrected chi connectivity index (χ4v) is 3.17. The van der Waals surface area contributed by atoms with Gasteiger partial charge in [0.2, 0.25) is 0 Å². The van der Waals surface area contributed by atoms with Crippen molar-refractivity contribution in [3.05, 3.63) is 0 Å². The van der Waals surface area contributed by atoms with Gasteiger partial charge in [-0.15, -0.1) is 0 Å². The molecule has 0 bridgehead atoms. The van der Waals surface area contributed by atoms with Crippen LogP contribution in [0.2, 0.25) is 0 Å². The lowest BCUT2D eigenvalue weighted by atomic mass is 10.1. The molecule has 7 nitrogen and oxygen atoms in total. The summed E-state index contributed by atoms with van der Waals surface area (Å²) in [5.74, 6) is 1.00. The molecule has 1 aliphatic heterocycles. The Morgan fingerprint density at radius 1 is 1.22 bits per heavy atom. The molecule has 1 rings (SSSR count). The first-order valence-electron chi connectivity index (χ1n) is 10.5. The van der Waals surface area contributed by atoms with Gasteiger partial charge in [-0.25, -0.2) is 0 Å². The third kappa shape index (κ3) is 10.9. The zero-order valence-corrected chi connectivity index (χ0v) is 18.2. The fraction of sp³-hybridized carbons (Fsp3) is 0.950. The molecule has 1 saturated heterocycles. The van der Waals surface area contributed by atoms with Gasteiger partial charge in [0.1, 0.15) is 0 Å². The van der Waals surface area contributed by atoms with Crippen molar-refractivity contribution in [2.45, 2.75) is 51.7 Å². The van der Waals surface area contributed by atoms with Gasteiger partial charge in [0.15, 0.2) is 5.96 Å². The van der Waals surface area contributed by atoms with Crippen LogP contribution in [0.4, 0.5) is 0 Å². The third-order valence-electron chi connectivity index (χ3n) is 4.67. The maximum Gasteiger partial charge on any atom is 0.194 e. The predicted molar refractivity (Wildman–Crippen MR) is 112 cm³/mol. The van der Waals surface area contributed by atoms with Gasteiger partial charge in [-0.3, -0.25) is 4.99 Å². The van der Waals surface area contributed by atoms with Gasteiger partial charge >= 0.3 is 0 Å². The van der Waals surface area contributed by atoms with Gasteiger partial charge in [-0.1, -0.05) is 0 Å². The summed E-state index contributed by atoms with van der Waals surface area (Å²) in [5, 5.41) is 3.44. The first-order chi connectivity index (χ1) is 13.1. The molecular weight excluding hydrogens is 344 g/mol. The van der Waals surface area contributed by atoms with Crippen molar-refractivity contribution < 1.29 is 14.2 Å². The monoisotopic (exact) mass is 386 g/mol. The minimum atomic E-state index is 0.174. The fourth-order valence-electron chi connectivity index (χ4n) is 3.17. The van der Waals surface area contributed by atoms with Crippen LogP contribution in [0.3, 0.4) is 0 Å². The Balaban J connectivity index is 2.48. The molecule has 0 aromatic carbocycles. The Bertz CT molecular complexity index is 385. The molecule has 1 aliphatic rings. The summed E-state index contributed by atoms with van der Waals surface area (Å²) in [7, 11) is 5.92. The standard InChI is InChI=1S/C20H42N4O3/c1-6-21-20(22-17-19(26-7-2)9-12-23(3)4)24-13-10-18(11-14-24)27-16-8-15-25-5/h18-19H,6-17H2,1-5H3,(H,21,22). The van der Waals surface area contributed by atoms with E-state index in [0.29, 0.717) is 12.6 Å². The first-order valence-corrected chi connectivity index (χ1v) is 10.5. The van der Waals surface area contributed by atoms with Crippen LogP contribution in [0.5, 0.6) is 0 Å². The number of aliphatic imine (C=N–C) groups is 1. The first kappa shape index (κ1) is 24.1. The highest BCUT2D eigenvalue weighted by Gasteiger charge is 2.22. The second-order valence-corrected chi connectivity index (χ2v) is 7.27. The Kier molecular flexibility index (Phi) is 13.5. The summed E-state index contributed by atoms with van der Waals surface area (Å²) >= 11 is 0. The van der Waals surface area contributed by atoms with E-state index in [1.807, 2.05) is 0 Å². The molecule has 1 atom stereocenters. The zero-order valence-electron chi connectivity index (χ0n) is 18.2. The SMILES string of the molecule is CCNC(=NCC(CCN(C)C)OCC)N1CCC(OCCCOC)CC1. The number of rotatable bonds is 13. The summed E-state index contributed by atoms with van der Waals surface area (Å²) in [6.45, 7) is 11.0. The molecule has 0 spiro atoms. The van der Waals surface area contributed by atoms with Crippen LogP contribution in [0.25, 0.3) is 0 Å². The predicted octanol–water partition coefficient (Wildman–Crippen LogP) is 1.83. The molecule has 1 heterocycles. The van der Waals surface area contributed by atoms with Crippen molar-refractivity contribution in [3.63, 3.8) is 0 Å². The molecule has 27 heavy (non-hydrogen) atoms. The normalized spacial score (nSPS) is 17.6. The van der Waals surface area contributed by atoms with Crippen molar-refractivity contribution in [2.24, 2.45) is 4.99 Å². The molecule has 0 aromatic rings. The van der Waals surface area contributed by atoms with E-state index in [4.69, 9.17) is 19.2 Å². The summed E-state index contributed by atoms with van der Waals surface area (Å²) in [4.78, 5) is 9.42. The second kappa shape index (κ2) is 15.1. The molecule has 7 heteroatoms. The van der Waals surface area contributed by atoms with E-state index < -0.39 is 0 Å². The molecule has 160 valence electrons. The molecule has 0 aromatic heterocycles. The topological polar surface area (TPSA) is 58.6 Å². The van der Waals surface area contributed by atoms with Gasteiger partial charge in [0, 0.05) is 53.1 Å². The van der Waals surface area contributed by atoms with Gasteiger partial charge in [0.25, 0.3) is 0 Å². The highest BCUT2D eigenvalue weighted by molar-refractivity contribution is 5.80. The summed E-state index contributed by atoms with van der Waals surface area (Å²) in [5.41, 5.74) is 0. The van der Waals surface area contributed by atoms with Gasteiger partial charge in [-0.05, 0) is 53.6 Å². The Labute approximate surface area is 166 Å². The van der Waals surface area contributed by atoms with E-state index in [-0.39, 0.29) is 6.10 Å². The molecule has 1 fully saturated rings. The quantitative estimate of drug-likeness (QED) is 0.296. The van der Waals surface area contributed by atoms with E-state index in [9.17, 15) is 0 Å². The summed E-state index contributed by atoms with van der Waals surface area (Å²) in [6, 6.07) is 0. The average Bonchev–Trinajstić information content (AvgIpc) is 2.67. The molecular formula is C20H42N4O3. The minimum absolute atomic E-state index is 0.174. The van der Waals surface area contributed by atoms with Crippen LogP contribution in [-0.4, -0.2) is 102 Å². The number of nitrogens with zero attached hydrogens (tertiary/aromatic N) is 3. The maximum atomic E-state index is 5.97. The van der Waals surface area contributed by atoms with Crippen LogP contribution < -0.4 is 5.32 Å². The Morgan fingerprint density at radius 2 is 1.96 bits per heavy atom. The highest BCUT2D eigenvalue weighted by Crippen LogP contribution is 2.14. The molecule has 0 amide bonds. The maximum absolute atomic E-state index is 5.97. The molecule has 0 aliphatic carbocycles. The second-order valence-electron chi connectivity index (χ2n) is 7.27. The van der Waals surface area contributed by atoms with Crippen LogP contribution in [0.1, 0.15) is 39.5 Å². The van der Waals surface area contributed by atoms with Crippen molar-refractivity contribution in [1.29, 1.82) is 0 Å². The number of hydrogen-bond acceptors (Lipinski definition) is 5. The number of guanidine groups is 1. The number of piperidine rings is 1. The highest BCUT2D eigenvalue weighted by atomic mass is 16.5. The smallest absolute Gasteiger partial charge is 0.194 e. The largest absolute Gasteiger partial charge is 0.385 e. The lowest BCUT2D eigenvalue weighted by Gasteiger charge is -2.34. The lowest BCUT2D eigenvalue weighted by molar-refractivity contribution is 0.00977. The number of methoxy groups -OCH3 is 1. The van der Waals surface area contributed by atoms with Crippen LogP contribution >= 0.6 is 0 Å². The van der Waals surface area contributed by atoms with E-state index >= 15 is 0 Å². The number of nitrogens with one attached hydrogen (secondary N) is 1. The summed E-state index contributed by atoms with van der Waals surface area (Å²) in [6.07, 6.45) is 4.60. The number of hydrogen-bond donors (Lipinski definition) is 1. The van der Waals surface area contributed by atoms with Crippen molar-refractivity contribution in [3.8, 4) is 0 Å². The van der Waals surface area contributed by atoms with E-state index in [0.717, 1.165) is 77.6 Å². The lowest BCUT2D eigenvalue weighted by Crippen LogP contribution is -2.47. The molecule has 0 radical (unpaired) electrons. The average molecular weight is 387 g/mol. The number of ether oxygens (including phenoxy) is 3. The Morgan fingerprint density at radius 3 is 2.56 bits per heavy atom. The summed E-state index contributed by atoms with van der Waals surface area (Å²) < 4.78 is 16.9. The van der Waals surface area contributed by atoms with Gasteiger partial charge < -0.3 is 29.3 Å². The zero-order chi connectivity index (χ0) is 19.9.